The molecule has 0 aliphatic carbocycles. The van der Waals surface area contributed by atoms with Gasteiger partial charge in [-0.25, -0.2) is 9.59 Å². The van der Waals surface area contributed by atoms with E-state index in [4.69, 9.17) is 14.2 Å². The number of hydrogen-bond donors (Lipinski definition) is 1. The minimum absolute atomic E-state index is 0.0547. The van der Waals surface area contributed by atoms with E-state index in [9.17, 15) is 14.7 Å². The summed E-state index contributed by atoms with van der Waals surface area (Å²) in [5, 5.41) is 9.36. The number of rotatable bonds is 6. The first-order chi connectivity index (χ1) is 9.99. The summed E-state index contributed by atoms with van der Waals surface area (Å²) in [5.41, 5.74) is 0.0812. The summed E-state index contributed by atoms with van der Waals surface area (Å²) in [6.07, 6.45) is 1.26. The molecule has 114 valence electrons. The van der Waals surface area contributed by atoms with E-state index in [0.29, 0.717) is 0 Å². The van der Waals surface area contributed by atoms with Crippen LogP contribution in [0.3, 0.4) is 0 Å². The van der Waals surface area contributed by atoms with Gasteiger partial charge in [-0.3, -0.25) is 0 Å². The Morgan fingerprint density at radius 1 is 1.05 bits per heavy atom. The molecule has 1 aromatic carbocycles. The topological polar surface area (TPSA) is 91.3 Å². The standard InChI is InChI=1S/C14H16O7/c1-18-9-6-5-8(7-10(19-2)14(17)21-4)11(13(15)16)12(9)20-3/h5-7H,1-4H3,(H,15,16)/b10-7+. The minimum Gasteiger partial charge on any atom is -0.493 e. The number of benzene rings is 1. The molecule has 0 saturated carbocycles. The van der Waals surface area contributed by atoms with Crippen molar-refractivity contribution in [2.75, 3.05) is 28.4 Å². The molecule has 1 N–H and O–H groups in total. The van der Waals surface area contributed by atoms with E-state index >= 15 is 0 Å². The van der Waals surface area contributed by atoms with E-state index in [1.54, 1.807) is 0 Å². The van der Waals surface area contributed by atoms with Crippen molar-refractivity contribution in [3.63, 3.8) is 0 Å². The van der Waals surface area contributed by atoms with Crippen LogP contribution in [0.2, 0.25) is 0 Å². The molecule has 0 amide bonds. The van der Waals surface area contributed by atoms with E-state index < -0.39 is 11.9 Å². The lowest BCUT2D eigenvalue weighted by Crippen LogP contribution is -2.09. The maximum absolute atomic E-state index is 11.5. The summed E-state index contributed by atoms with van der Waals surface area (Å²) in [7, 11) is 5.20. The fourth-order valence-electron chi connectivity index (χ4n) is 1.73. The molecule has 0 spiro atoms. The summed E-state index contributed by atoms with van der Waals surface area (Å²) in [4.78, 5) is 22.9. The number of carbonyl (C=O) groups is 2. The normalized spacial score (nSPS) is 10.8. The van der Waals surface area contributed by atoms with E-state index in [1.807, 2.05) is 0 Å². The number of carbonyl (C=O) groups excluding carboxylic acids is 1. The van der Waals surface area contributed by atoms with Crippen LogP contribution < -0.4 is 9.47 Å². The van der Waals surface area contributed by atoms with Gasteiger partial charge in [0.05, 0.1) is 28.4 Å². The van der Waals surface area contributed by atoms with Crippen LogP contribution in [0.5, 0.6) is 11.5 Å². The van der Waals surface area contributed by atoms with Crippen LogP contribution in [0, 0.1) is 0 Å². The van der Waals surface area contributed by atoms with Gasteiger partial charge in [0, 0.05) is 0 Å². The van der Waals surface area contributed by atoms with Gasteiger partial charge < -0.3 is 24.1 Å². The second-order valence-corrected chi connectivity index (χ2v) is 3.77. The molecular weight excluding hydrogens is 280 g/mol. The highest BCUT2D eigenvalue weighted by molar-refractivity contribution is 5.99. The van der Waals surface area contributed by atoms with Crippen molar-refractivity contribution in [2.24, 2.45) is 0 Å². The highest BCUT2D eigenvalue weighted by Gasteiger charge is 2.21. The predicted molar refractivity (Wildman–Crippen MR) is 73.5 cm³/mol. The van der Waals surface area contributed by atoms with Crippen molar-refractivity contribution in [1.29, 1.82) is 0 Å². The highest BCUT2D eigenvalue weighted by Crippen LogP contribution is 2.34. The van der Waals surface area contributed by atoms with Crippen molar-refractivity contribution in [3.8, 4) is 11.5 Å². The summed E-state index contributed by atoms with van der Waals surface area (Å²) in [5.74, 6) is -1.75. The third-order valence-corrected chi connectivity index (χ3v) is 2.68. The first-order valence-corrected chi connectivity index (χ1v) is 5.82. The van der Waals surface area contributed by atoms with Gasteiger partial charge in [0.15, 0.2) is 11.5 Å². The van der Waals surface area contributed by atoms with Gasteiger partial charge in [0.2, 0.25) is 5.76 Å². The number of methoxy groups -OCH3 is 4. The molecule has 21 heavy (non-hydrogen) atoms. The van der Waals surface area contributed by atoms with E-state index in [2.05, 4.69) is 4.74 Å². The van der Waals surface area contributed by atoms with Crippen molar-refractivity contribution in [1.82, 2.24) is 0 Å². The molecule has 0 unspecified atom stereocenters. The van der Waals surface area contributed by atoms with Gasteiger partial charge in [0.25, 0.3) is 0 Å². The first-order valence-electron chi connectivity index (χ1n) is 5.82. The molecule has 1 aromatic rings. The lowest BCUT2D eigenvalue weighted by Gasteiger charge is -2.13. The molecule has 0 aliphatic heterocycles. The Kier molecular flexibility index (Phi) is 5.59. The molecule has 0 saturated heterocycles. The quantitative estimate of drug-likeness (QED) is 0.484. The van der Waals surface area contributed by atoms with Crippen molar-refractivity contribution < 1.29 is 33.6 Å². The average molecular weight is 296 g/mol. The van der Waals surface area contributed by atoms with Crippen molar-refractivity contribution in [2.45, 2.75) is 0 Å². The molecule has 0 fully saturated rings. The van der Waals surface area contributed by atoms with Crippen molar-refractivity contribution in [3.05, 3.63) is 29.0 Å². The van der Waals surface area contributed by atoms with Crippen LogP contribution >= 0.6 is 0 Å². The molecule has 0 bridgehead atoms. The number of ether oxygens (including phenoxy) is 4. The van der Waals surface area contributed by atoms with E-state index in [1.165, 1.54) is 46.6 Å². The van der Waals surface area contributed by atoms with Crippen LogP contribution in [-0.4, -0.2) is 45.5 Å². The zero-order valence-corrected chi connectivity index (χ0v) is 12.1. The lowest BCUT2D eigenvalue weighted by atomic mass is 10.0. The molecule has 7 nitrogen and oxygen atoms in total. The van der Waals surface area contributed by atoms with E-state index in [0.717, 1.165) is 0 Å². The van der Waals surface area contributed by atoms with Gasteiger partial charge in [-0.2, -0.15) is 0 Å². The molecule has 0 heterocycles. The number of esters is 1. The fourth-order valence-corrected chi connectivity index (χ4v) is 1.73. The minimum atomic E-state index is -1.22. The Hall–Kier alpha value is -2.70. The van der Waals surface area contributed by atoms with Gasteiger partial charge in [-0.05, 0) is 17.7 Å². The predicted octanol–water partition coefficient (Wildman–Crippen LogP) is 1.56. The summed E-state index contributed by atoms with van der Waals surface area (Å²) < 4.78 is 19.6. The Bertz CT molecular complexity index is 575. The molecule has 0 aromatic heterocycles. The largest absolute Gasteiger partial charge is 0.493 e. The molecule has 7 heteroatoms. The monoisotopic (exact) mass is 296 g/mol. The maximum atomic E-state index is 11.5. The number of hydrogen-bond acceptors (Lipinski definition) is 6. The van der Waals surface area contributed by atoms with Gasteiger partial charge in [-0.15, -0.1) is 0 Å². The highest BCUT2D eigenvalue weighted by atomic mass is 16.6. The number of aromatic carboxylic acids is 1. The smallest absolute Gasteiger partial charge is 0.373 e. The second-order valence-electron chi connectivity index (χ2n) is 3.77. The Balaban J connectivity index is 3.53. The van der Waals surface area contributed by atoms with Crippen molar-refractivity contribution >= 4 is 18.0 Å². The first kappa shape index (κ1) is 16.4. The Labute approximate surface area is 121 Å². The van der Waals surface area contributed by atoms with Crippen LogP contribution in [0.25, 0.3) is 6.08 Å². The molecule has 0 aliphatic rings. The van der Waals surface area contributed by atoms with Crippen LogP contribution in [0.1, 0.15) is 15.9 Å². The fraction of sp³-hybridized carbons (Fsp3) is 0.286. The molecule has 0 radical (unpaired) electrons. The third-order valence-electron chi connectivity index (χ3n) is 2.68. The number of carboxylic acids is 1. The third kappa shape index (κ3) is 3.44. The summed E-state index contributed by atoms with van der Waals surface area (Å²) in [6.45, 7) is 0. The average Bonchev–Trinajstić information content (AvgIpc) is 2.50. The molecule has 0 atom stereocenters. The summed E-state index contributed by atoms with van der Waals surface area (Å²) >= 11 is 0. The Morgan fingerprint density at radius 2 is 1.71 bits per heavy atom. The van der Waals surface area contributed by atoms with Gasteiger partial charge in [-0.1, -0.05) is 6.07 Å². The Morgan fingerprint density at radius 3 is 2.14 bits per heavy atom. The molecular formula is C14H16O7. The van der Waals surface area contributed by atoms with Crippen LogP contribution in [0.4, 0.5) is 0 Å². The lowest BCUT2D eigenvalue weighted by molar-refractivity contribution is -0.139. The maximum Gasteiger partial charge on any atom is 0.373 e. The van der Waals surface area contributed by atoms with Crippen LogP contribution in [0.15, 0.2) is 17.9 Å². The van der Waals surface area contributed by atoms with E-state index in [-0.39, 0.29) is 28.4 Å². The van der Waals surface area contributed by atoms with Gasteiger partial charge in [0.1, 0.15) is 5.56 Å². The zero-order chi connectivity index (χ0) is 16.0. The second kappa shape index (κ2) is 7.18. The SMILES string of the molecule is COC(=O)/C(=C\c1ccc(OC)c(OC)c1C(=O)O)OC. The number of carboxylic acid groups (broad SMARTS) is 1. The van der Waals surface area contributed by atoms with Crippen LogP contribution in [-0.2, 0) is 14.3 Å². The zero-order valence-electron chi connectivity index (χ0n) is 12.1. The van der Waals surface area contributed by atoms with Gasteiger partial charge >= 0.3 is 11.9 Å². The summed E-state index contributed by atoms with van der Waals surface area (Å²) in [6, 6.07) is 3.01. The molecule has 1 rings (SSSR count).